The Bertz CT molecular complexity index is 446. The molecule has 0 aromatic heterocycles. The molecular weight excluding hydrogens is 332 g/mol. The Labute approximate surface area is 157 Å². The molecule has 1 aliphatic heterocycles. The summed E-state index contributed by atoms with van der Waals surface area (Å²) in [6, 6.07) is 0. The van der Waals surface area contributed by atoms with E-state index in [1.165, 1.54) is 44.9 Å². The number of carbonyl (C=O) groups is 3. The number of aliphatic carboxylic acids is 1. The number of Topliss-reactive ketones (excluding diaryl/α,β-unsaturated/α-hetero) is 1. The van der Waals surface area contributed by atoms with E-state index >= 15 is 0 Å². The van der Waals surface area contributed by atoms with Gasteiger partial charge in [-0.05, 0) is 26.2 Å². The van der Waals surface area contributed by atoms with Gasteiger partial charge in [0.2, 0.25) is 0 Å². The molecule has 1 rings (SSSR count). The van der Waals surface area contributed by atoms with Crippen LogP contribution in [0.1, 0.15) is 97.3 Å². The minimum atomic E-state index is -0.922. The van der Waals surface area contributed by atoms with Crippen molar-refractivity contribution in [3.05, 3.63) is 0 Å². The lowest BCUT2D eigenvalue weighted by molar-refractivity contribution is -0.144. The number of carbonyl (C=O) groups excluding carboxylic acids is 2. The first-order chi connectivity index (χ1) is 12.4. The fourth-order valence-corrected chi connectivity index (χ4v) is 3.72. The van der Waals surface area contributed by atoms with Crippen LogP contribution in [0.3, 0.4) is 0 Å². The minimum absolute atomic E-state index is 0.295. The minimum Gasteiger partial charge on any atom is -0.481 e. The van der Waals surface area contributed by atoms with Crippen molar-refractivity contribution in [2.24, 2.45) is 11.8 Å². The zero-order valence-electron chi connectivity index (χ0n) is 16.5. The molecule has 0 spiro atoms. The Morgan fingerprint density at radius 1 is 0.885 bits per heavy atom. The van der Waals surface area contributed by atoms with Gasteiger partial charge >= 0.3 is 11.9 Å². The van der Waals surface area contributed by atoms with Crippen LogP contribution in [0.5, 0.6) is 0 Å². The van der Waals surface area contributed by atoms with Crippen LogP contribution in [-0.4, -0.2) is 28.9 Å². The first-order valence-electron chi connectivity index (χ1n) is 10.4. The first-order valence-corrected chi connectivity index (χ1v) is 10.4. The number of ether oxygens (including phenoxy) is 1. The summed E-state index contributed by atoms with van der Waals surface area (Å²) in [5, 5.41) is 9.24. The van der Waals surface area contributed by atoms with Gasteiger partial charge in [0.05, 0.1) is 5.92 Å². The van der Waals surface area contributed by atoms with Crippen molar-refractivity contribution in [1.82, 2.24) is 0 Å². The van der Waals surface area contributed by atoms with Gasteiger partial charge in [-0.15, -0.1) is 0 Å². The number of hydrogen-bond acceptors (Lipinski definition) is 4. The summed E-state index contributed by atoms with van der Waals surface area (Å²) in [5.41, 5.74) is 0. The smallest absolute Gasteiger partial charge is 0.311 e. The third-order valence-electron chi connectivity index (χ3n) is 5.38. The average Bonchev–Trinajstić information content (AvgIpc) is 2.86. The molecule has 1 heterocycles. The van der Waals surface area contributed by atoms with Crippen LogP contribution in [0, 0.1) is 11.8 Å². The van der Waals surface area contributed by atoms with Gasteiger partial charge in [-0.2, -0.15) is 0 Å². The summed E-state index contributed by atoms with van der Waals surface area (Å²) in [6.45, 7) is 3.30. The molecule has 150 valence electrons. The molecule has 0 amide bonds. The van der Waals surface area contributed by atoms with Gasteiger partial charge in [-0.25, -0.2) is 0 Å². The van der Waals surface area contributed by atoms with Gasteiger partial charge < -0.3 is 14.6 Å². The molecule has 0 bridgehead atoms. The van der Waals surface area contributed by atoms with Crippen molar-refractivity contribution >= 4 is 17.7 Å². The molecule has 1 aliphatic rings. The molecule has 0 aromatic carbocycles. The van der Waals surface area contributed by atoms with Crippen LogP contribution >= 0.6 is 0 Å². The topological polar surface area (TPSA) is 80.7 Å². The molecule has 0 saturated carbocycles. The van der Waals surface area contributed by atoms with Gasteiger partial charge in [0.1, 0.15) is 17.8 Å². The molecule has 1 fully saturated rings. The maximum atomic E-state index is 11.5. The molecule has 3 atom stereocenters. The predicted octanol–water partition coefficient (Wildman–Crippen LogP) is 4.91. The second-order valence-corrected chi connectivity index (χ2v) is 7.76. The number of carboxylic acid groups (broad SMARTS) is 1. The highest BCUT2D eigenvalue weighted by molar-refractivity contribution is 5.84. The molecule has 3 unspecified atom stereocenters. The zero-order chi connectivity index (χ0) is 19.4. The van der Waals surface area contributed by atoms with Gasteiger partial charge in [0.15, 0.2) is 0 Å². The van der Waals surface area contributed by atoms with Crippen LogP contribution in [0.4, 0.5) is 0 Å². The van der Waals surface area contributed by atoms with Crippen molar-refractivity contribution in [2.45, 2.75) is 103 Å². The van der Waals surface area contributed by atoms with Crippen molar-refractivity contribution in [1.29, 1.82) is 0 Å². The average molecular weight is 369 g/mol. The first kappa shape index (κ1) is 22.7. The van der Waals surface area contributed by atoms with E-state index in [1.54, 1.807) is 13.8 Å². The van der Waals surface area contributed by atoms with E-state index in [0.717, 1.165) is 32.1 Å². The summed E-state index contributed by atoms with van der Waals surface area (Å²) in [7, 11) is 0. The maximum Gasteiger partial charge on any atom is 0.311 e. The van der Waals surface area contributed by atoms with E-state index in [9.17, 15) is 19.5 Å². The maximum absolute atomic E-state index is 11.5. The standard InChI is InChI=1S/C21H36O5/c1-16(22)14-12-10-8-6-4-3-5-7-9-11-13-15-18-19(20(23)24)17(2)21(25)26-18/h17-19H,3-15H2,1-2H3,(H,23,24). The van der Waals surface area contributed by atoms with Gasteiger partial charge in [0.25, 0.3) is 0 Å². The fraction of sp³-hybridized carbons (Fsp3) is 0.857. The quantitative estimate of drug-likeness (QED) is 0.328. The van der Waals surface area contributed by atoms with Gasteiger partial charge in [0, 0.05) is 6.42 Å². The van der Waals surface area contributed by atoms with E-state index in [1.807, 2.05) is 0 Å². The van der Waals surface area contributed by atoms with E-state index in [-0.39, 0.29) is 5.97 Å². The molecule has 0 aliphatic carbocycles. The van der Waals surface area contributed by atoms with E-state index < -0.39 is 23.9 Å². The number of cyclic esters (lactones) is 1. The number of unbranched alkanes of at least 4 members (excludes halogenated alkanes) is 10. The number of ketones is 1. The molecule has 1 saturated heterocycles. The lowest BCUT2D eigenvalue weighted by Gasteiger charge is -2.15. The molecule has 1 N–H and O–H groups in total. The Kier molecular flexibility index (Phi) is 11.2. The van der Waals surface area contributed by atoms with E-state index in [2.05, 4.69) is 0 Å². The third-order valence-corrected chi connectivity index (χ3v) is 5.38. The normalized spacial score (nSPS) is 22.4. The molecule has 0 aromatic rings. The number of hydrogen-bond donors (Lipinski definition) is 1. The van der Waals surface area contributed by atoms with E-state index in [4.69, 9.17) is 4.74 Å². The highest BCUT2D eigenvalue weighted by Gasteiger charge is 2.45. The summed E-state index contributed by atoms with van der Waals surface area (Å²) in [6.07, 6.45) is 13.8. The number of rotatable bonds is 15. The SMILES string of the molecule is CC(=O)CCCCCCCCCCCCCC1OC(=O)C(C)C1C(=O)O. The molecule has 5 nitrogen and oxygen atoms in total. The van der Waals surface area contributed by atoms with Crippen LogP contribution in [-0.2, 0) is 19.1 Å². The lowest BCUT2D eigenvalue weighted by atomic mass is 9.89. The third kappa shape index (κ3) is 8.81. The molecular formula is C21H36O5. The highest BCUT2D eigenvalue weighted by Crippen LogP contribution is 2.31. The highest BCUT2D eigenvalue weighted by atomic mass is 16.6. The van der Waals surface area contributed by atoms with Crippen molar-refractivity contribution in [2.75, 3.05) is 0 Å². The van der Waals surface area contributed by atoms with E-state index in [0.29, 0.717) is 12.2 Å². The lowest BCUT2D eigenvalue weighted by Crippen LogP contribution is -2.27. The Morgan fingerprint density at radius 2 is 1.35 bits per heavy atom. The van der Waals surface area contributed by atoms with Gasteiger partial charge in [-0.1, -0.05) is 64.7 Å². The second-order valence-electron chi connectivity index (χ2n) is 7.76. The molecule has 5 heteroatoms. The number of carboxylic acids is 1. The zero-order valence-corrected chi connectivity index (χ0v) is 16.5. The van der Waals surface area contributed by atoms with Crippen LogP contribution in [0.2, 0.25) is 0 Å². The molecule has 26 heavy (non-hydrogen) atoms. The Balaban J connectivity index is 1.93. The summed E-state index contributed by atoms with van der Waals surface area (Å²) < 4.78 is 5.22. The molecule has 0 radical (unpaired) electrons. The summed E-state index contributed by atoms with van der Waals surface area (Å²) in [4.78, 5) is 33.6. The Hall–Kier alpha value is -1.39. The Morgan fingerprint density at radius 3 is 1.81 bits per heavy atom. The monoisotopic (exact) mass is 368 g/mol. The van der Waals surface area contributed by atoms with Gasteiger partial charge in [-0.3, -0.25) is 9.59 Å². The fourth-order valence-electron chi connectivity index (χ4n) is 3.72. The van der Waals surface area contributed by atoms with Crippen molar-refractivity contribution in [3.63, 3.8) is 0 Å². The summed E-state index contributed by atoms with van der Waals surface area (Å²) in [5.74, 6) is -2.21. The van der Waals surface area contributed by atoms with Crippen molar-refractivity contribution in [3.8, 4) is 0 Å². The summed E-state index contributed by atoms with van der Waals surface area (Å²) >= 11 is 0. The van der Waals surface area contributed by atoms with Crippen LogP contribution in [0.15, 0.2) is 0 Å². The van der Waals surface area contributed by atoms with Crippen molar-refractivity contribution < 1.29 is 24.2 Å². The largest absolute Gasteiger partial charge is 0.481 e. The predicted molar refractivity (Wildman–Crippen MR) is 101 cm³/mol. The van der Waals surface area contributed by atoms with Crippen LogP contribution < -0.4 is 0 Å². The number of esters is 1. The van der Waals surface area contributed by atoms with Crippen LogP contribution in [0.25, 0.3) is 0 Å². The second kappa shape index (κ2) is 12.9.